The van der Waals surface area contributed by atoms with Crippen LogP contribution >= 0.6 is 11.3 Å². The Bertz CT molecular complexity index is 1180. The normalized spacial score (nSPS) is 17.0. The Labute approximate surface area is 174 Å². The van der Waals surface area contributed by atoms with E-state index in [1.807, 2.05) is 34.3 Å². The molecule has 1 aromatic carbocycles. The van der Waals surface area contributed by atoms with Crippen molar-refractivity contribution >= 4 is 27.2 Å². The van der Waals surface area contributed by atoms with Crippen molar-refractivity contribution in [3.63, 3.8) is 0 Å². The summed E-state index contributed by atoms with van der Waals surface area (Å²) in [5, 5.41) is 5.92. The number of ether oxygens (including phenoxy) is 1. The zero-order valence-electron chi connectivity index (χ0n) is 17.4. The predicted octanol–water partition coefficient (Wildman–Crippen LogP) is 5.09. The minimum absolute atomic E-state index is 0.344. The highest BCUT2D eigenvalue weighted by molar-refractivity contribution is 7.19. The van der Waals surface area contributed by atoms with Crippen LogP contribution in [0.2, 0.25) is 0 Å². The molecule has 0 saturated heterocycles. The summed E-state index contributed by atoms with van der Waals surface area (Å²) in [6, 6.07) is 8.09. The van der Waals surface area contributed by atoms with Crippen molar-refractivity contribution in [3.8, 4) is 5.75 Å². The summed E-state index contributed by atoms with van der Waals surface area (Å²) in [6.07, 6.45) is 6.01. The first kappa shape index (κ1) is 18.6. The zero-order valence-corrected chi connectivity index (χ0v) is 18.2. The third kappa shape index (κ3) is 3.29. The lowest BCUT2D eigenvalue weighted by Crippen LogP contribution is -2.26. The van der Waals surface area contributed by atoms with Crippen LogP contribution in [0.15, 0.2) is 30.6 Å². The van der Waals surface area contributed by atoms with Crippen LogP contribution in [0.1, 0.15) is 49.0 Å². The number of nitrogens with zero attached hydrogens (tertiary/aromatic N) is 4. The van der Waals surface area contributed by atoms with Gasteiger partial charge in [-0.05, 0) is 53.9 Å². The van der Waals surface area contributed by atoms with E-state index in [0.29, 0.717) is 11.8 Å². The van der Waals surface area contributed by atoms with Crippen molar-refractivity contribution in [3.05, 3.63) is 52.4 Å². The summed E-state index contributed by atoms with van der Waals surface area (Å²) in [5.41, 5.74) is 3.92. The highest BCUT2D eigenvalue weighted by Gasteiger charge is 2.31. The molecule has 1 aliphatic carbocycles. The Kier molecular flexibility index (Phi) is 4.35. The number of aromatic nitrogens is 4. The van der Waals surface area contributed by atoms with Crippen LogP contribution in [0.5, 0.6) is 5.75 Å². The molecule has 1 aliphatic rings. The summed E-state index contributed by atoms with van der Waals surface area (Å²) < 4.78 is 7.10. The lowest BCUT2D eigenvalue weighted by molar-refractivity contribution is 0.218. The highest BCUT2D eigenvalue weighted by atomic mass is 32.1. The van der Waals surface area contributed by atoms with Gasteiger partial charge in [0.15, 0.2) is 11.5 Å². The number of hydrogen-bond donors (Lipinski definition) is 0. The average Bonchev–Trinajstić information content (AvgIpc) is 3.27. The second kappa shape index (κ2) is 6.80. The van der Waals surface area contributed by atoms with E-state index < -0.39 is 0 Å². The van der Waals surface area contributed by atoms with Crippen molar-refractivity contribution < 1.29 is 4.74 Å². The van der Waals surface area contributed by atoms with Gasteiger partial charge in [0.05, 0.1) is 12.5 Å². The van der Waals surface area contributed by atoms with E-state index in [-0.39, 0.29) is 0 Å². The quantitative estimate of drug-likeness (QED) is 0.476. The van der Waals surface area contributed by atoms with Gasteiger partial charge in [0.2, 0.25) is 0 Å². The highest BCUT2D eigenvalue weighted by Crippen LogP contribution is 2.43. The molecule has 3 heterocycles. The molecule has 5 nitrogen and oxygen atoms in total. The van der Waals surface area contributed by atoms with Gasteiger partial charge in [-0.1, -0.05) is 32.9 Å². The molecule has 0 bridgehead atoms. The van der Waals surface area contributed by atoms with E-state index in [1.165, 1.54) is 27.8 Å². The summed E-state index contributed by atoms with van der Waals surface area (Å²) in [6.45, 7) is 7.07. The van der Waals surface area contributed by atoms with Gasteiger partial charge in [-0.2, -0.15) is 0 Å². The lowest BCUT2D eigenvalue weighted by Gasteiger charge is -2.33. The van der Waals surface area contributed by atoms with Gasteiger partial charge < -0.3 is 4.74 Å². The molecule has 3 aromatic heterocycles. The fraction of sp³-hybridized carbons (Fsp3) is 0.435. The summed E-state index contributed by atoms with van der Waals surface area (Å²) >= 11 is 1.85. The fourth-order valence-corrected chi connectivity index (χ4v) is 5.62. The zero-order chi connectivity index (χ0) is 20.2. The molecule has 4 aromatic rings. The smallest absolute Gasteiger partial charge is 0.167 e. The molecule has 0 fully saturated rings. The monoisotopic (exact) mass is 406 g/mol. The van der Waals surface area contributed by atoms with Crippen LogP contribution in [0.4, 0.5) is 0 Å². The second-order valence-electron chi connectivity index (χ2n) is 9.06. The number of rotatable bonds is 3. The van der Waals surface area contributed by atoms with E-state index in [1.54, 1.807) is 7.11 Å². The van der Waals surface area contributed by atoms with Gasteiger partial charge in [-0.25, -0.2) is 14.5 Å². The number of fused-ring (bicyclic) bond motifs is 5. The summed E-state index contributed by atoms with van der Waals surface area (Å²) in [7, 11) is 1.68. The van der Waals surface area contributed by atoms with E-state index in [4.69, 9.17) is 19.8 Å². The van der Waals surface area contributed by atoms with E-state index >= 15 is 0 Å². The molecule has 6 heteroatoms. The third-order valence-corrected chi connectivity index (χ3v) is 7.34. The van der Waals surface area contributed by atoms with Crippen LogP contribution in [0.25, 0.3) is 15.9 Å². The van der Waals surface area contributed by atoms with Crippen molar-refractivity contribution in [2.45, 2.75) is 46.5 Å². The maximum atomic E-state index is 5.25. The SMILES string of the molecule is COc1ccc(Cc2nc3c4c5c(sc4ncn3n2)C[C@H](C(C)(C)C)CC5)cc1. The molecular formula is C23H26N4OS. The molecule has 5 rings (SSSR count). The van der Waals surface area contributed by atoms with Crippen LogP contribution in [-0.2, 0) is 19.3 Å². The first-order valence-corrected chi connectivity index (χ1v) is 11.0. The molecule has 29 heavy (non-hydrogen) atoms. The second-order valence-corrected chi connectivity index (χ2v) is 10.1. The Balaban J connectivity index is 1.52. The van der Waals surface area contributed by atoms with E-state index in [9.17, 15) is 0 Å². The van der Waals surface area contributed by atoms with Crippen LogP contribution in [-0.4, -0.2) is 26.7 Å². The fourth-order valence-electron chi connectivity index (χ4n) is 4.36. The van der Waals surface area contributed by atoms with Crippen molar-refractivity contribution in [1.82, 2.24) is 19.6 Å². The van der Waals surface area contributed by atoms with Gasteiger partial charge in [0.1, 0.15) is 16.9 Å². The number of thiophene rings is 1. The van der Waals surface area contributed by atoms with Crippen LogP contribution < -0.4 is 4.74 Å². The summed E-state index contributed by atoms with van der Waals surface area (Å²) in [4.78, 5) is 12.2. The predicted molar refractivity (Wildman–Crippen MR) is 117 cm³/mol. The number of aryl methyl sites for hydroxylation is 1. The molecule has 0 N–H and O–H groups in total. The van der Waals surface area contributed by atoms with E-state index in [2.05, 4.69) is 32.9 Å². The summed E-state index contributed by atoms with van der Waals surface area (Å²) in [5.74, 6) is 2.41. The molecule has 0 amide bonds. The van der Waals surface area contributed by atoms with Gasteiger partial charge in [-0.3, -0.25) is 0 Å². The molecule has 0 unspecified atom stereocenters. The van der Waals surface area contributed by atoms with Crippen molar-refractivity contribution in [2.24, 2.45) is 11.3 Å². The molecule has 150 valence electrons. The number of benzene rings is 1. The standard InChI is InChI=1S/C23H26N4OS/c1-23(2,3)15-7-10-17-18(12-15)29-22-20(17)21-25-19(26-27(21)13-24-22)11-14-5-8-16(28-4)9-6-14/h5-6,8-9,13,15H,7,10-12H2,1-4H3/t15-/m1/s1. The van der Waals surface area contributed by atoms with Gasteiger partial charge in [-0.15, -0.1) is 16.4 Å². The largest absolute Gasteiger partial charge is 0.497 e. The van der Waals surface area contributed by atoms with Crippen molar-refractivity contribution in [1.29, 1.82) is 0 Å². The maximum absolute atomic E-state index is 5.25. The van der Waals surface area contributed by atoms with Gasteiger partial charge in [0.25, 0.3) is 0 Å². The lowest BCUT2D eigenvalue weighted by atomic mass is 9.72. The van der Waals surface area contributed by atoms with Crippen LogP contribution in [0.3, 0.4) is 0 Å². The Morgan fingerprint density at radius 2 is 2.00 bits per heavy atom. The van der Waals surface area contributed by atoms with Gasteiger partial charge >= 0.3 is 0 Å². The number of methoxy groups -OCH3 is 1. The molecule has 1 atom stereocenters. The van der Waals surface area contributed by atoms with Gasteiger partial charge in [0, 0.05) is 11.3 Å². The Morgan fingerprint density at radius 1 is 1.21 bits per heavy atom. The Morgan fingerprint density at radius 3 is 2.72 bits per heavy atom. The maximum Gasteiger partial charge on any atom is 0.167 e. The van der Waals surface area contributed by atoms with E-state index in [0.717, 1.165) is 40.8 Å². The molecular weight excluding hydrogens is 380 g/mol. The Hall–Kier alpha value is -2.47. The van der Waals surface area contributed by atoms with Crippen molar-refractivity contribution in [2.75, 3.05) is 7.11 Å². The third-order valence-electron chi connectivity index (χ3n) is 6.18. The molecule has 0 saturated carbocycles. The molecule has 0 spiro atoms. The average molecular weight is 407 g/mol. The topological polar surface area (TPSA) is 52.3 Å². The first-order valence-electron chi connectivity index (χ1n) is 10.2. The first-order chi connectivity index (χ1) is 13.9. The number of hydrogen-bond acceptors (Lipinski definition) is 5. The minimum atomic E-state index is 0.344. The van der Waals surface area contributed by atoms with Crippen LogP contribution in [0, 0.1) is 11.3 Å². The minimum Gasteiger partial charge on any atom is -0.497 e. The molecule has 0 aliphatic heterocycles. The molecule has 0 radical (unpaired) electrons.